The summed E-state index contributed by atoms with van der Waals surface area (Å²) in [6.07, 6.45) is 0.809. The van der Waals surface area contributed by atoms with Gasteiger partial charge in [0.15, 0.2) is 0 Å². The van der Waals surface area contributed by atoms with Gasteiger partial charge in [-0.05, 0) is 11.8 Å². The van der Waals surface area contributed by atoms with Crippen LogP contribution < -0.4 is 16.0 Å². The van der Waals surface area contributed by atoms with Gasteiger partial charge in [0.05, 0.1) is 6.54 Å². The van der Waals surface area contributed by atoms with Crippen molar-refractivity contribution in [2.45, 2.75) is 40.2 Å². The van der Waals surface area contributed by atoms with Crippen LogP contribution in [-0.2, 0) is 9.59 Å². The molecule has 0 bridgehead atoms. The number of carboxylic acids is 1. The van der Waals surface area contributed by atoms with Gasteiger partial charge in [-0.15, -0.1) is 0 Å². The normalized spacial score (nSPS) is 12.4. The van der Waals surface area contributed by atoms with Crippen LogP contribution in [0.1, 0.15) is 34.1 Å². The van der Waals surface area contributed by atoms with Gasteiger partial charge >= 0.3 is 12.0 Å². The molecule has 0 fully saturated rings. The van der Waals surface area contributed by atoms with E-state index in [0.717, 1.165) is 6.42 Å². The molecule has 0 saturated heterocycles. The van der Waals surface area contributed by atoms with Crippen LogP contribution in [-0.4, -0.2) is 42.1 Å². The third-order valence-corrected chi connectivity index (χ3v) is 2.37. The molecule has 19 heavy (non-hydrogen) atoms. The second-order valence-electron chi connectivity index (χ2n) is 5.31. The highest BCUT2D eigenvalue weighted by molar-refractivity contribution is 5.86. The van der Waals surface area contributed by atoms with Gasteiger partial charge in [-0.1, -0.05) is 27.7 Å². The van der Waals surface area contributed by atoms with Crippen molar-refractivity contribution >= 4 is 17.9 Å². The number of amides is 3. The molecular weight excluding hydrogens is 250 g/mol. The van der Waals surface area contributed by atoms with E-state index in [1.54, 1.807) is 20.8 Å². The quantitative estimate of drug-likeness (QED) is 0.558. The summed E-state index contributed by atoms with van der Waals surface area (Å²) in [6, 6.07) is -1.69. The zero-order chi connectivity index (χ0) is 15.1. The molecule has 4 N–H and O–H groups in total. The van der Waals surface area contributed by atoms with Crippen molar-refractivity contribution in [3.05, 3.63) is 0 Å². The van der Waals surface area contributed by atoms with Crippen LogP contribution >= 0.6 is 0 Å². The fourth-order valence-electron chi connectivity index (χ4n) is 1.32. The first-order valence-electron chi connectivity index (χ1n) is 6.22. The van der Waals surface area contributed by atoms with Gasteiger partial charge in [0, 0.05) is 6.54 Å². The number of urea groups is 1. The lowest BCUT2D eigenvalue weighted by Gasteiger charge is -2.27. The Labute approximate surface area is 113 Å². The molecule has 1 atom stereocenters. The van der Waals surface area contributed by atoms with Crippen LogP contribution in [0.4, 0.5) is 4.79 Å². The highest BCUT2D eigenvalue weighted by Gasteiger charge is 2.32. The van der Waals surface area contributed by atoms with E-state index in [-0.39, 0.29) is 12.5 Å². The van der Waals surface area contributed by atoms with E-state index in [2.05, 4.69) is 16.0 Å². The Bertz CT molecular complexity index is 336. The third kappa shape index (κ3) is 7.28. The highest BCUT2D eigenvalue weighted by atomic mass is 16.4. The van der Waals surface area contributed by atoms with Crippen molar-refractivity contribution in [3.8, 4) is 0 Å². The molecule has 0 radical (unpaired) electrons. The van der Waals surface area contributed by atoms with Gasteiger partial charge in [0.25, 0.3) is 0 Å². The average molecular weight is 273 g/mol. The second kappa shape index (κ2) is 7.60. The van der Waals surface area contributed by atoms with Gasteiger partial charge in [-0.25, -0.2) is 9.59 Å². The average Bonchev–Trinajstić information content (AvgIpc) is 2.28. The Hall–Kier alpha value is -1.79. The number of hydrogen-bond donors (Lipinski definition) is 4. The Morgan fingerprint density at radius 1 is 1.16 bits per heavy atom. The SMILES string of the molecule is CCCNC(=O)CNC(=O)NC(C(=O)O)C(C)(C)C. The summed E-state index contributed by atoms with van der Waals surface area (Å²) in [5.74, 6) is -1.42. The fourth-order valence-corrected chi connectivity index (χ4v) is 1.32. The van der Waals surface area contributed by atoms with Crippen molar-refractivity contribution in [2.24, 2.45) is 5.41 Å². The van der Waals surface area contributed by atoms with Gasteiger partial charge in [0.1, 0.15) is 6.04 Å². The first-order valence-corrected chi connectivity index (χ1v) is 6.22. The van der Waals surface area contributed by atoms with Crippen molar-refractivity contribution in [1.29, 1.82) is 0 Å². The Morgan fingerprint density at radius 2 is 1.74 bits per heavy atom. The monoisotopic (exact) mass is 273 g/mol. The van der Waals surface area contributed by atoms with E-state index in [0.29, 0.717) is 6.54 Å². The lowest BCUT2D eigenvalue weighted by molar-refractivity contribution is -0.141. The largest absolute Gasteiger partial charge is 0.480 e. The smallest absolute Gasteiger partial charge is 0.326 e. The van der Waals surface area contributed by atoms with Crippen LogP contribution in [0.3, 0.4) is 0 Å². The number of aliphatic carboxylic acids is 1. The minimum absolute atomic E-state index is 0.178. The van der Waals surface area contributed by atoms with Gasteiger partial charge in [0.2, 0.25) is 5.91 Å². The minimum atomic E-state index is -1.11. The summed E-state index contributed by atoms with van der Waals surface area (Å²) in [5.41, 5.74) is -0.617. The maximum atomic E-state index is 11.5. The predicted molar refractivity (Wildman–Crippen MR) is 70.7 cm³/mol. The highest BCUT2D eigenvalue weighted by Crippen LogP contribution is 2.19. The molecule has 7 nitrogen and oxygen atoms in total. The van der Waals surface area contributed by atoms with E-state index in [1.807, 2.05) is 6.92 Å². The van der Waals surface area contributed by atoms with Crippen molar-refractivity contribution in [2.75, 3.05) is 13.1 Å². The van der Waals surface area contributed by atoms with E-state index in [1.165, 1.54) is 0 Å². The standard InChI is InChI=1S/C12H23N3O4/c1-5-6-13-8(16)7-14-11(19)15-9(10(17)18)12(2,3)4/h9H,5-7H2,1-4H3,(H,13,16)(H,17,18)(H2,14,15,19). The topological polar surface area (TPSA) is 108 Å². The van der Waals surface area contributed by atoms with E-state index in [9.17, 15) is 14.4 Å². The molecule has 7 heteroatoms. The Morgan fingerprint density at radius 3 is 2.16 bits per heavy atom. The van der Waals surface area contributed by atoms with Crippen LogP contribution in [0.15, 0.2) is 0 Å². The third-order valence-electron chi connectivity index (χ3n) is 2.37. The lowest BCUT2D eigenvalue weighted by Crippen LogP contribution is -2.53. The summed E-state index contributed by atoms with van der Waals surface area (Å²) >= 11 is 0. The summed E-state index contributed by atoms with van der Waals surface area (Å²) in [4.78, 5) is 33.8. The molecule has 0 spiro atoms. The molecule has 1 unspecified atom stereocenters. The molecule has 0 aliphatic rings. The molecule has 110 valence electrons. The molecule has 0 saturated carbocycles. The zero-order valence-electron chi connectivity index (χ0n) is 11.9. The maximum Gasteiger partial charge on any atom is 0.326 e. The molecule has 0 aromatic heterocycles. The summed E-state index contributed by atoms with van der Waals surface area (Å²) in [6.45, 7) is 7.41. The zero-order valence-corrected chi connectivity index (χ0v) is 11.9. The summed E-state index contributed by atoms with van der Waals surface area (Å²) in [7, 11) is 0. The lowest BCUT2D eigenvalue weighted by atomic mass is 9.87. The van der Waals surface area contributed by atoms with E-state index < -0.39 is 23.5 Å². The van der Waals surface area contributed by atoms with E-state index in [4.69, 9.17) is 5.11 Å². The molecule has 3 amide bonds. The number of nitrogens with one attached hydrogen (secondary N) is 3. The van der Waals surface area contributed by atoms with Gasteiger partial charge in [-0.2, -0.15) is 0 Å². The summed E-state index contributed by atoms with van der Waals surface area (Å²) < 4.78 is 0. The maximum absolute atomic E-state index is 11.5. The first-order chi connectivity index (χ1) is 8.68. The van der Waals surface area contributed by atoms with E-state index >= 15 is 0 Å². The van der Waals surface area contributed by atoms with Crippen molar-refractivity contribution in [1.82, 2.24) is 16.0 Å². The molecule has 0 aliphatic heterocycles. The molecular formula is C12H23N3O4. The first kappa shape index (κ1) is 17.2. The van der Waals surface area contributed by atoms with Crippen LogP contribution in [0.2, 0.25) is 0 Å². The molecule has 0 aromatic carbocycles. The molecule has 0 aliphatic carbocycles. The van der Waals surface area contributed by atoms with Crippen LogP contribution in [0, 0.1) is 5.41 Å². The minimum Gasteiger partial charge on any atom is -0.480 e. The molecule has 0 rings (SSSR count). The second-order valence-corrected chi connectivity index (χ2v) is 5.31. The summed E-state index contributed by atoms with van der Waals surface area (Å²) in [5, 5.41) is 16.3. The number of rotatable bonds is 6. The Balaban J connectivity index is 4.22. The van der Waals surface area contributed by atoms with Crippen molar-refractivity contribution in [3.63, 3.8) is 0 Å². The number of carboxylic acid groups (broad SMARTS) is 1. The Kier molecular flexibility index (Phi) is 6.89. The molecule has 0 heterocycles. The van der Waals surface area contributed by atoms with Gasteiger partial charge < -0.3 is 21.1 Å². The van der Waals surface area contributed by atoms with Crippen LogP contribution in [0.5, 0.6) is 0 Å². The number of carbonyl (C=O) groups excluding carboxylic acids is 2. The van der Waals surface area contributed by atoms with Gasteiger partial charge in [-0.3, -0.25) is 4.79 Å². The molecule has 0 aromatic rings. The van der Waals surface area contributed by atoms with Crippen molar-refractivity contribution < 1.29 is 19.5 Å². The van der Waals surface area contributed by atoms with Crippen LogP contribution in [0.25, 0.3) is 0 Å². The fraction of sp³-hybridized carbons (Fsp3) is 0.750. The number of hydrogen-bond acceptors (Lipinski definition) is 3. The number of carbonyl (C=O) groups is 3. The predicted octanol–water partition coefficient (Wildman–Crippen LogP) is 0.311.